The summed E-state index contributed by atoms with van der Waals surface area (Å²) >= 11 is 3.10. The third-order valence-corrected chi connectivity index (χ3v) is 5.43. The first-order chi connectivity index (χ1) is 8.43. The zero-order valence-electron chi connectivity index (χ0n) is 9.64. The average Bonchev–Trinajstić information content (AvgIpc) is 2.28. The summed E-state index contributed by atoms with van der Waals surface area (Å²) in [5.41, 5.74) is 5.80. The van der Waals surface area contributed by atoms with Crippen LogP contribution in [0.5, 0.6) is 0 Å². The molecule has 100 valence electrons. The molecule has 4 nitrogen and oxygen atoms in total. The Morgan fingerprint density at radius 1 is 1.39 bits per heavy atom. The molecular weight excluding hydrogens is 323 g/mol. The van der Waals surface area contributed by atoms with Crippen LogP contribution in [0.3, 0.4) is 0 Å². The number of hydrogen-bond acceptors (Lipinski definition) is 3. The van der Waals surface area contributed by atoms with Crippen molar-refractivity contribution in [3.63, 3.8) is 0 Å². The third kappa shape index (κ3) is 2.59. The van der Waals surface area contributed by atoms with E-state index in [0.717, 1.165) is 18.9 Å². The van der Waals surface area contributed by atoms with Crippen LogP contribution in [0, 0.1) is 5.82 Å². The van der Waals surface area contributed by atoms with E-state index in [1.54, 1.807) is 0 Å². The highest BCUT2D eigenvalue weighted by atomic mass is 79.9. The zero-order valence-corrected chi connectivity index (χ0v) is 12.0. The molecule has 1 aromatic rings. The van der Waals surface area contributed by atoms with Crippen molar-refractivity contribution in [3.05, 3.63) is 28.5 Å². The van der Waals surface area contributed by atoms with Crippen molar-refractivity contribution in [1.29, 1.82) is 0 Å². The van der Waals surface area contributed by atoms with Gasteiger partial charge in [0.1, 0.15) is 10.7 Å². The first-order valence-corrected chi connectivity index (χ1v) is 7.89. The Kier molecular flexibility index (Phi) is 4.05. The van der Waals surface area contributed by atoms with Crippen molar-refractivity contribution in [2.24, 2.45) is 5.73 Å². The Labute approximate surface area is 114 Å². The van der Waals surface area contributed by atoms with Gasteiger partial charge in [0.2, 0.25) is 10.0 Å². The lowest BCUT2D eigenvalue weighted by molar-refractivity contribution is 0.257. The Morgan fingerprint density at radius 2 is 2.11 bits per heavy atom. The molecule has 2 rings (SSSR count). The van der Waals surface area contributed by atoms with Crippen LogP contribution in [0.1, 0.15) is 19.3 Å². The summed E-state index contributed by atoms with van der Waals surface area (Å²) in [6, 6.07) is 3.91. The summed E-state index contributed by atoms with van der Waals surface area (Å²) in [5, 5.41) is 0. The smallest absolute Gasteiger partial charge is 0.247 e. The lowest BCUT2D eigenvalue weighted by atomic mass is 10.1. The summed E-state index contributed by atoms with van der Waals surface area (Å²) < 4.78 is 40.1. The highest BCUT2D eigenvalue weighted by Gasteiger charge is 2.33. The quantitative estimate of drug-likeness (QED) is 0.898. The van der Waals surface area contributed by atoms with Crippen LogP contribution in [0.2, 0.25) is 0 Å². The van der Waals surface area contributed by atoms with Crippen molar-refractivity contribution in [2.75, 3.05) is 6.54 Å². The van der Waals surface area contributed by atoms with E-state index in [2.05, 4.69) is 15.9 Å². The minimum Gasteiger partial charge on any atom is -0.315 e. The van der Waals surface area contributed by atoms with E-state index in [1.165, 1.54) is 16.4 Å². The molecule has 0 bridgehead atoms. The summed E-state index contributed by atoms with van der Waals surface area (Å²) in [6.45, 7) is 0.346. The SMILES string of the molecule is NC1CCCCN1S(=O)(=O)c1ccc(Br)cc1F. The fourth-order valence-corrected chi connectivity index (χ4v) is 4.00. The first-order valence-electron chi connectivity index (χ1n) is 5.65. The maximum absolute atomic E-state index is 13.8. The van der Waals surface area contributed by atoms with E-state index in [-0.39, 0.29) is 4.90 Å². The molecule has 18 heavy (non-hydrogen) atoms. The highest BCUT2D eigenvalue weighted by Crippen LogP contribution is 2.26. The van der Waals surface area contributed by atoms with Crippen LogP contribution in [0.25, 0.3) is 0 Å². The molecule has 0 spiro atoms. The number of benzene rings is 1. The molecule has 0 aliphatic carbocycles. The molecule has 1 fully saturated rings. The highest BCUT2D eigenvalue weighted by molar-refractivity contribution is 9.10. The third-order valence-electron chi connectivity index (χ3n) is 2.98. The van der Waals surface area contributed by atoms with E-state index in [1.807, 2.05) is 0 Å². The maximum atomic E-state index is 13.8. The van der Waals surface area contributed by atoms with Gasteiger partial charge in [-0.15, -0.1) is 0 Å². The summed E-state index contributed by atoms with van der Waals surface area (Å²) in [7, 11) is -3.85. The number of sulfonamides is 1. The second kappa shape index (κ2) is 5.24. The van der Waals surface area contributed by atoms with Crippen LogP contribution in [0.4, 0.5) is 4.39 Å². The van der Waals surface area contributed by atoms with Crippen LogP contribution in [0.15, 0.2) is 27.6 Å². The number of nitrogens with two attached hydrogens (primary N) is 1. The lowest BCUT2D eigenvalue weighted by Crippen LogP contribution is -2.48. The van der Waals surface area contributed by atoms with Crippen LogP contribution in [-0.4, -0.2) is 25.4 Å². The van der Waals surface area contributed by atoms with E-state index < -0.39 is 22.0 Å². The molecule has 1 saturated heterocycles. The summed E-state index contributed by atoms with van der Waals surface area (Å²) in [4.78, 5) is -0.317. The molecule has 0 amide bonds. The molecule has 1 atom stereocenters. The van der Waals surface area contributed by atoms with E-state index in [9.17, 15) is 12.8 Å². The normalized spacial score (nSPS) is 22.1. The van der Waals surface area contributed by atoms with Gasteiger partial charge in [-0.3, -0.25) is 0 Å². The Hall–Kier alpha value is -0.500. The number of nitrogens with zero attached hydrogens (tertiary/aromatic N) is 1. The molecule has 0 saturated carbocycles. The summed E-state index contributed by atoms with van der Waals surface area (Å²) in [5.74, 6) is -0.762. The minimum absolute atomic E-state index is 0.317. The van der Waals surface area contributed by atoms with Gasteiger partial charge in [0.25, 0.3) is 0 Å². The fraction of sp³-hybridized carbons (Fsp3) is 0.455. The van der Waals surface area contributed by atoms with Crippen LogP contribution in [-0.2, 0) is 10.0 Å². The van der Waals surface area contributed by atoms with Gasteiger partial charge in [-0.25, -0.2) is 12.8 Å². The van der Waals surface area contributed by atoms with Crippen molar-refractivity contribution >= 4 is 26.0 Å². The maximum Gasteiger partial charge on any atom is 0.247 e. The topological polar surface area (TPSA) is 63.4 Å². The lowest BCUT2D eigenvalue weighted by Gasteiger charge is -2.32. The standard InChI is InChI=1S/C11H14BrFN2O2S/c12-8-4-5-10(9(13)7-8)18(16,17)15-6-2-1-3-11(15)14/h4-5,7,11H,1-3,6,14H2. The number of rotatable bonds is 2. The van der Waals surface area contributed by atoms with E-state index >= 15 is 0 Å². The van der Waals surface area contributed by atoms with E-state index in [0.29, 0.717) is 17.4 Å². The monoisotopic (exact) mass is 336 g/mol. The molecule has 1 aromatic carbocycles. The molecular formula is C11H14BrFN2O2S. The van der Waals surface area contributed by atoms with Gasteiger partial charge in [-0.1, -0.05) is 15.9 Å². The van der Waals surface area contributed by atoms with Gasteiger partial charge in [-0.2, -0.15) is 4.31 Å². The van der Waals surface area contributed by atoms with Crippen molar-refractivity contribution in [3.8, 4) is 0 Å². The molecule has 1 aliphatic rings. The number of hydrogen-bond donors (Lipinski definition) is 1. The molecule has 7 heteroatoms. The minimum atomic E-state index is -3.85. The molecule has 0 radical (unpaired) electrons. The van der Waals surface area contributed by atoms with Gasteiger partial charge in [-0.05, 0) is 37.5 Å². The van der Waals surface area contributed by atoms with Gasteiger partial charge in [0, 0.05) is 11.0 Å². The summed E-state index contributed by atoms with van der Waals surface area (Å²) in [6.07, 6.45) is 1.70. The van der Waals surface area contributed by atoms with Gasteiger partial charge in [0.15, 0.2) is 0 Å². The Balaban J connectivity index is 2.41. The Bertz CT molecular complexity index is 550. The zero-order chi connectivity index (χ0) is 13.3. The number of halogens is 2. The molecule has 1 aliphatic heterocycles. The molecule has 0 aromatic heterocycles. The van der Waals surface area contributed by atoms with Gasteiger partial charge in [0.05, 0.1) is 6.17 Å². The van der Waals surface area contributed by atoms with Crippen LogP contribution >= 0.6 is 15.9 Å². The largest absolute Gasteiger partial charge is 0.315 e. The second-order valence-corrected chi connectivity index (χ2v) is 7.03. The molecule has 2 N–H and O–H groups in total. The van der Waals surface area contributed by atoms with Crippen molar-refractivity contribution < 1.29 is 12.8 Å². The molecule has 1 unspecified atom stereocenters. The van der Waals surface area contributed by atoms with E-state index in [4.69, 9.17) is 5.73 Å². The molecule has 1 heterocycles. The van der Waals surface area contributed by atoms with Gasteiger partial charge < -0.3 is 5.73 Å². The second-order valence-electron chi connectivity index (χ2n) is 4.25. The predicted molar refractivity (Wildman–Crippen MR) is 69.8 cm³/mol. The first kappa shape index (κ1) is 13.9. The predicted octanol–water partition coefficient (Wildman–Crippen LogP) is 2.05. The van der Waals surface area contributed by atoms with Crippen molar-refractivity contribution in [2.45, 2.75) is 30.3 Å². The van der Waals surface area contributed by atoms with Crippen molar-refractivity contribution in [1.82, 2.24) is 4.31 Å². The van der Waals surface area contributed by atoms with Gasteiger partial charge >= 0.3 is 0 Å². The Morgan fingerprint density at radius 3 is 2.72 bits per heavy atom. The average molecular weight is 337 g/mol. The number of piperidine rings is 1. The fourth-order valence-electron chi connectivity index (χ4n) is 2.04. The van der Waals surface area contributed by atoms with Crippen LogP contribution < -0.4 is 5.73 Å².